The minimum Gasteiger partial charge on any atom is -0.489 e. The molecule has 156 valence electrons. The number of nitrogens with one attached hydrogen (secondary N) is 2. The van der Waals surface area contributed by atoms with E-state index in [1.54, 1.807) is 7.11 Å². The van der Waals surface area contributed by atoms with Gasteiger partial charge < -0.3 is 25.2 Å². The Kier molecular flexibility index (Phi) is 7.63. The molecule has 1 atom stereocenters. The maximum Gasteiger partial charge on any atom is 0.228 e. The predicted molar refractivity (Wildman–Crippen MR) is 112 cm³/mol. The number of carbonyl (C=O) groups excluding carboxylic acids is 1. The molecule has 1 amide bonds. The molecule has 2 aromatic rings. The summed E-state index contributed by atoms with van der Waals surface area (Å²) in [5, 5.41) is 16.8. The molecule has 6 nitrogen and oxygen atoms in total. The second kappa shape index (κ2) is 10.4. The van der Waals surface area contributed by atoms with Gasteiger partial charge in [-0.15, -0.1) is 0 Å². The second-order valence-corrected chi connectivity index (χ2v) is 7.54. The quantitative estimate of drug-likeness (QED) is 0.605. The molecule has 1 aliphatic rings. The zero-order chi connectivity index (χ0) is 20.5. The molecule has 0 bridgehead atoms. The smallest absolute Gasteiger partial charge is 0.228 e. The van der Waals surface area contributed by atoms with Gasteiger partial charge in [0, 0.05) is 13.7 Å². The fourth-order valence-corrected chi connectivity index (χ4v) is 3.67. The molecule has 1 aliphatic heterocycles. The van der Waals surface area contributed by atoms with E-state index in [-0.39, 0.29) is 12.5 Å². The molecule has 0 aromatic heterocycles. The summed E-state index contributed by atoms with van der Waals surface area (Å²) < 4.78 is 11.1. The third-order valence-corrected chi connectivity index (χ3v) is 5.41. The largest absolute Gasteiger partial charge is 0.489 e. The Labute approximate surface area is 172 Å². The lowest BCUT2D eigenvalue weighted by Gasteiger charge is -2.35. The summed E-state index contributed by atoms with van der Waals surface area (Å²) in [6.45, 7) is 2.59. The first kappa shape index (κ1) is 21.3. The van der Waals surface area contributed by atoms with Crippen molar-refractivity contribution in [2.75, 3.05) is 33.4 Å². The van der Waals surface area contributed by atoms with Crippen LogP contribution in [0.15, 0.2) is 54.6 Å². The van der Waals surface area contributed by atoms with Crippen LogP contribution in [0.1, 0.15) is 30.1 Å². The van der Waals surface area contributed by atoms with E-state index in [1.165, 1.54) is 0 Å². The highest BCUT2D eigenvalue weighted by molar-refractivity contribution is 5.83. The number of hydrogen-bond acceptors (Lipinski definition) is 5. The van der Waals surface area contributed by atoms with E-state index in [4.69, 9.17) is 9.47 Å². The molecule has 0 aliphatic carbocycles. The van der Waals surface area contributed by atoms with Crippen LogP contribution in [0, 0.1) is 5.41 Å². The molecule has 1 heterocycles. The fourth-order valence-electron chi connectivity index (χ4n) is 3.67. The Hall–Kier alpha value is -2.41. The van der Waals surface area contributed by atoms with Crippen molar-refractivity contribution in [2.24, 2.45) is 5.41 Å². The number of aliphatic hydroxyl groups excluding tert-OH is 1. The van der Waals surface area contributed by atoms with Gasteiger partial charge in [0.2, 0.25) is 5.91 Å². The molecule has 0 spiro atoms. The first-order valence-corrected chi connectivity index (χ1v) is 10.1. The molecular formula is C23H30N2O4. The third kappa shape index (κ3) is 5.79. The molecule has 2 aromatic carbocycles. The Balaban J connectivity index is 1.56. The normalized spacial score (nSPS) is 16.8. The summed E-state index contributed by atoms with van der Waals surface area (Å²) in [4.78, 5) is 12.8. The lowest BCUT2D eigenvalue weighted by Crippen LogP contribution is -2.50. The third-order valence-electron chi connectivity index (χ3n) is 5.41. The highest BCUT2D eigenvalue weighted by Crippen LogP contribution is 2.29. The van der Waals surface area contributed by atoms with Gasteiger partial charge in [0.25, 0.3) is 0 Å². The van der Waals surface area contributed by atoms with E-state index in [2.05, 4.69) is 10.6 Å². The van der Waals surface area contributed by atoms with Gasteiger partial charge in [0.1, 0.15) is 12.4 Å². The molecule has 29 heavy (non-hydrogen) atoms. The number of aliphatic hydroxyl groups is 1. The highest BCUT2D eigenvalue weighted by Gasteiger charge is 2.39. The minimum absolute atomic E-state index is 0.0589. The van der Waals surface area contributed by atoms with Crippen molar-refractivity contribution in [2.45, 2.75) is 25.6 Å². The van der Waals surface area contributed by atoms with Gasteiger partial charge in [-0.1, -0.05) is 42.5 Å². The Morgan fingerprint density at radius 3 is 2.66 bits per heavy atom. The van der Waals surface area contributed by atoms with E-state index in [1.807, 2.05) is 54.6 Å². The number of piperidine rings is 1. The molecule has 6 heteroatoms. The second-order valence-electron chi connectivity index (χ2n) is 7.54. The van der Waals surface area contributed by atoms with Crippen molar-refractivity contribution in [1.29, 1.82) is 0 Å². The van der Waals surface area contributed by atoms with Crippen LogP contribution in [0.25, 0.3) is 0 Å². The van der Waals surface area contributed by atoms with Gasteiger partial charge in [-0.25, -0.2) is 0 Å². The van der Waals surface area contributed by atoms with Crippen LogP contribution in [-0.2, 0) is 16.1 Å². The van der Waals surface area contributed by atoms with Gasteiger partial charge in [-0.05, 0) is 49.2 Å². The molecule has 3 N–H and O–H groups in total. The maximum atomic E-state index is 12.8. The van der Waals surface area contributed by atoms with E-state index >= 15 is 0 Å². The summed E-state index contributed by atoms with van der Waals surface area (Å²) in [6.07, 6.45) is 0.650. The van der Waals surface area contributed by atoms with Gasteiger partial charge in [0.15, 0.2) is 0 Å². The number of methoxy groups -OCH3 is 1. The van der Waals surface area contributed by atoms with Crippen LogP contribution >= 0.6 is 0 Å². The van der Waals surface area contributed by atoms with Crippen molar-refractivity contribution in [3.8, 4) is 5.75 Å². The number of benzene rings is 2. The van der Waals surface area contributed by atoms with Crippen LogP contribution in [0.4, 0.5) is 0 Å². The molecule has 1 unspecified atom stereocenters. The number of hydrogen-bond donors (Lipinski definition) is 3. The molecule has 1 saturated heterocycles. The first-order valence-electron chi connectivity index (χ1n) is 10.1. The monoisotopic (exact) mass is 398 g/mol. The maximum absolute atomic E-state index is 12.8. The number of carbonyl (C=O) groups is 1. The number of ether oxygens (including phenoxy) is 2. The topological polar surface area (TPSA) is 79.8 Å². The Morgan fingerprint density at radius 2 is 1.93 bits per heavy atom. The van der Waals surface area contributed by atoms with Gasteiger partial charge >= 0.3 is 0 Å². The zero-order valence-corrected chi connectivity index (χ0v) is 16.9. The van der Waals surface area contributed by atoms with E-state index in [0.717, 1.165) is 31.5 Å². The molecule has 0 saturated carbocycles. The Morgan fingerprint density at radius 1 is 1.17 bits per heavy atom. The van der Waals surface area contributed by atoms with Crippen molar-refractivity contribution in [1.82, 2.24) is 10.6 Å². The van der Waals surface area contributed by atoms with Crippen molar-refractivity contribution in [3.05, 3.63) is 65.7 Å². The van der Waals surface area contributed by atoms with Crippen LogP contribution in [0.5, 0.6) is 5.75 Å². The fraction of sp³-hybridized carbons (Fsp3) is 0.435. The van der Waals surface area contributed by atoms with Gasteiger partial charge in [0.05, 0.1) is 18.1 Å². The lowest BCUT2D eigenvalue weighted by atomic mass is 9.78. The van der Waals surface area contributed by atoms with Crippen molar-refractivity contribution >= 4 is 5.91 Å². The summed E-state index contributed by atoms with van der Waals surface area (Å²) in [5.41, 5.74) is 1.26. The first-order chi connectivity index (χ1) is 14.1. The highest BCUT2D eigenvalue weighted by atomic mass is 16.5. The summed E-state index contributed by atoms with van der Waals surface area (Å²) >= 11 is 0. The standard InChI is InChI=1S/C23H30N2O4/c1-28-17-23(10-12-24-13-11-23)22(27)25-15-21(26)19-8-5-9-20(14-19)29-16-18-6-3-2-4-7-18/h2-9,14,21,24,26H,10-13,15-17H2,1H3,(H,25,27). The minimum atomic E-state index is -0.805. The van der Waals surface area contributed by atoms with E-state index < -0.39 is 11.5 Å². The van der Waals surface area contributed by atoms with Crippen molar-refractivity contribution < 1.29 is 19.4 Å². The van der Waals surface area contributed by atoms with Gasteiger partial charge in [-0.2, -0.15) is 0 Å². The average Bonchev–Trinajstić information content (AvgIpc) is 2.77. The molecule has 0 radical (unpaired) electrons. The summed E-state index contributed by atoms with van der Waals surface area (Å²) in [6, 6.07) is 17.3. The SMILES string of the molecule is COCC1(C(=O)NCC(O)c2cccc(OCc3ccccc3)c2)CCNCC1. The van der Waals surface area contributed by atoms with Crippen LogP contribution in [0.3, 0.4) is 0 Å². The molecular weight excluding hydrogens is 368 g/mol. The predicted octanol–water partition coefficient (Wildman–Crippen LogP) is 2.43. The summed E-state index contributed by atoms with van der Waals surface area (Å²) in [7, 11) is 1.62. The van der Waals surface area contributed by atoms with Crippen LogP contribution < -0.4 is 15.4 Å². The zero-order valence-electron chi connectivity index (χ0n) is 16.9. The molecule has 1 fully saturated rings. The lowest BCUT2D eigenvalue weighted by molar-refractivity contribution is -0.136. The van der Waals surface area contributed by atoms with E-state index in [9.17, 15) is 9.90 Å². The summed E-state index contributed by atoms with van der Waals surface area (Å²) in [5.74, 6) is 0.627. The van der Waals surface area contributed by atoms with Crippen LogP contribution in [0.2, 0.25) is 0 Å². The van der Waals surface area contributed by atoms with E-state index in [0.29, 0.717) is 24.5 Å². The number of rotatable bonds is 9. The average molecular weight is 399 g/mol. The number of amides is 1. The Bertz CT molecular complexity index is 770. The molecule has 3 rings (SSSR count). The van der Waals surface area contributed by atoms with Crippen molar-refractivity contribution in [3.63, 3.8) is 0 Å². The van der Waals surface area contributed by atoms with Crippen LogP contribution in [-0.4, -0.2) is 44.4 Å². The van der Waals surface area contributed by atoms with Gasteiger partial charge in [-0.3, -0.25) is 4.79 Å².